The van der Waals surface area contributed by atoms with E-state index in [1.807, 2.05) is 0 Å². The number of carbonyl (C=O) groups excluding carboxylic acids is 1. The molecule has 1 rings (SSSR count). The summed E-state index contributed by atoms with van der Waals surface area (Å²) in [6, 6.07) is -0.322. The van der Waals surface area contributed by atoms with Crippen LogP contribution in [0.1, 0.15) is 39.1 Å². The van der Waals surface area contributed by atoms with Gasteiger partial charge in [-0.1, -0.05) is 12.1 Å². The van der Waals surface area contributed by atoms with Crippen molar-refractivity contribution in [3.05, 3.63) is 12.2 Å². The molecule has 19 heavy (non-hydrogen) atoms. The van der Waals surface area contributed by atoms with Crippen molar-refractivity contribution < 1.29 is 10.0 Å². The largest absolute Gasteiger partial charge is 0.409 e. The van der Waals surface area contributed by atoms with Gasteiger partial charge in [-0.05, 0) is 20.3 Å². The second-order valence-corrected chi connectivity index (χ2v) is 4.67. The van der Waals surface area contributed by atoms with Gasteiger partial charge < -0.3 is 20.8 Å². The molecule has 8 nitrogen and oxygen atoms in total. The first-order valence-electron chi connectivity index (χ1n) is 5.99. The van der Waals surface area contributed by atoms with Gasteiger partial charge in [0, 0.05) is 7.05 Å². The highest BCUT2D eigenvalue weighted by molar-refractivity contribution is 6.06. The number of carbonyl (C=O) groups is 1. The smallest absolute Gasteiger partial charge is 0.234 e. The van der Waals surface area contributed by atoms with Crippen LogP contribution in [0, 0.1) is 5.41 Å². The number of nitrogens with zero attached hydrogens (tertiary/aromatic N) is 4. The number of hydrogen-bond donors (Lipinski definition) is 3. The molecule has 0 aromatic carbocycles. The zero-order valence-corrected chi connectivity index (χ0v) is 11.6. The summed E-state index contributed by atoms with van der Waals surface area (Å²) in [4.78, 5) is 12.3. The van der Waals surface area contributed by atoms with Gasteiger partial charge >= 0.3 is 0 Å². The third-order valence-corrected chi connectivity index (χ3v) is 3.36. The molecule has 1 aromatic rings. The highest BCUT2D eigenvalue weighted by atomic mass is 16.4. The Labute approximate surface area is 111 Å². The van der Waals surface area contributed by atoms with E-state index in [0.29, 0.717) is 12.2 Å². The fourth-order valence-electron chi connectivity index (χ4n) is 1.67. The Bertz CT molecular complexity index is 483. The Morgan fingerprint density at radius 1 is 1.74 bits per heavy atom. The zero-order chi connectivity index (χ0) is 14.6. The van der Waals surface area contributed by atoms with Crippen LogP contribution in [0.15, 0.2) is 11.5 Å². The van der Waals surface area contributed by atoms with Gasteiger partial charge in [-0.2, -0.15) is 0 Å². The van der Waals surface area contributed by atoms with Crippen LogP contribution < -0.4 is 11.1 Å². The van der Waals surface area contributed by atoms with Crippen molar-refractivity contribution in [2.45, 2.75) is 33.2 Å². The SMILES string of the molecule is CCC(C)(C(=O)NC(C)c1nncn1C)C(N)=NO. The molecule has 0 spiro atoms. The van der Waals surface area contributed by atoms with Crippen LogP contribution in [0.4, 0.5) is 0 Å². The van der Waals surface area contributed by atoms with E-state index in [9.17, 15) is 4.79 Å². The molecule has 8 heteroatoms. The van der Waals surface area contributed by atoms with Gasteiger partial charge in [0.1, 0.15) is 11.7 Å². The Morgan fingerprint density at radius 3 is 2.79 bits per heavy atom. The molecule has 0 bridgehead atoms. The maximum Gasteiger partial charge on any atom is 0.234 e. The third kappa shape index (κ3) is 2.83. The minimum Gasteiger partial charge on any atom is -0.409 e. The van der Waals surface area contributed by atoms with Crippen LogP contribution in [-0.2, 0) is 11.8 Å². The first-order chi connectivity index (χ1) is 8.86. The maximum atomic E-state index is 12.3. The highest BCUT2D eigenvalue weighted by Crippen LogP contribution is 2.23. The Balaban J connectivity index is 2.87. The topological polar surface area (TPSA) is 118 Å². The lowest BCUT2D eigenvalue weighted by Gasteiger charge is -2.27. The number of nitrogens with two attached hydrogens (primary N) is 1. The molecule has 0 aliphatic heterocycles. The minimum absolute atomic E-state index is 0.113. The second-order valence-electron chi connectivity index (χ2n) is 4.67. The van der Waals surface area contributed by atoms with E-state index < -0.39 is 5.41 Å². The summed E-state index contributed by atoms with van der Waals surface area (Å²) in [7, 11) is 1.79. The molecule has 1 aromatic heterocycles. The summed E-state index contributed by atoms with van der Waals surface area (Å²) in [5, 5.41) is 22.2. The number of hydrogen-bond acceptors (Lipinski definition) is 5. The van der Waals surface area contributed by atoms with Crippen molar-refractivity contribution in [3.63, 3.8) is 0 Å². The minimum atomic E-state index is -1.05. The van der Waals surface area contributed by atoms with Crippen molar-refractivity contribution in [1.29, 1.82) is 0 Å². The van der Waals surface area contributed by atoms with Gasteiger partial charge in [-0.25, -0.2) is 0 Å². The third-order valence-electron chi connectivity index (χ3n) is 3.36. The summed E-state index contributed by atoms with van der Waals surface area (Å²) in [5.41, 5.74) is 4.54. The summed E-state index contributed by atoms with van der Waals surface area (Å²) < 4.78 is 1.72. The molecule has 0 aliphatic rings. The van der Waals surface area contributed by atoms with E-state index in [4.69, 9.17) is 10.9 Å². The van der Waals surface area contributed by atoms with Crippen LogP contribution in [0.2, 0.25) is 0 Å². The van der Waals surface area contributed by atoms with Gasteiger partial charge in [-0.15, -0.1) is 10.2 Å². The molecule has 0 saturated carbocycles. The number of rotatable bonds is 5. The highest BCUT2D eigenvalue weighted by Gasteiger charge is 2.37. The number of aryl methyl sites for hydroxylation is 1. The Hall–Kier alpha value is -2.12. The maximum absolute atomic E-state index is 12.3. The molecule has 106 valence electrons. The molecule has 0 radical (unpaired) electrons. The van der Waals surface area contributed by atoms with Crippen LogP contribution in [-0.4, -0.2) is 31.7 Å². The number of nitrogens with one attached hydrogen (secondary N) is 1. The fraction of sp³-hybridized carbons (Fsp3) is 0.636. The lowest BCUT2D eigenvalue weighted by Crippen LogP contribution is -2.48. The summed E-state index contributed by atoms with van der Waals surface area (Å²) in [6.45, 7) is 5.22. The number of oxime groups is 1. The fourth-order valence-corrected chi connectivity index (χ4v) is 1.67. The van der Waals surface area contributed by atoms with Gasteiger partial charge in [0.2, 0.25) is 5.91 Å². The van der Waals surface area contributed by atoms with E-state index in [-0.39, 0.29) is 17.8 Å². The monoisotopic (exact) mass is 268 g/mol. The van der Waals surface area contributed by atoms with E-state index >= 15 is 0 Å². The van der Waals surface area contributed by atoms with Crippen molar-refractivity contribution in [1.82, 2.24) is 20.1 Å². The summed E-state index contributed by atoms with van der Waals surface area (Å²) >= 11 is 0. The van der Waals surface area contributed by atoms with Gasteiger partial charge in [-0.3, -0.25) is 4.79 Å². The standard InChI is InChI=1S/C11H20N6O2/c1-5-11(3,9(12)16-19)10(18)14-7(2)8-15-13-6-17(8)4/h6-7,19H,5H2,1-4H3,(H2,12,16)(H,14,18). The Kier molecular flexibility index (Phi) is 4.47. The van der Waals surface area contributed by atoms with Crippen LogP contribution in [0.3, 0.4) is 0 Å². The number of amidine groups is 1. The van der Waals surface area contributed by atoms with Gasteiger partial charge in [0.25, 0.3) is 0 Å². The van der Waals surface area contributed by atoms with E-state index in [1.165, 1.54) is 0 Å². The first kappa shape index (κ1) is 14.9. The average Bonchev–Trinajstić information content (AvgIpc) is 2.82. The lowest BCUT2D eigenvalue weighted by molar-refractivity contribution is -0.127. The summed E-state index contributed by atoms with van der Waals surface area (Å²) in [5.74, 6) is 0.199. The lowest BCUT2D eigenvalue weighted by atomic mass is 9.85. The van der Waals surface area contributed by atoms with Crippen molar-refractivity contribution >= 4 is 11.7 Å². The van der Waals surface area contributed by atoms with Crippen LogP contribution in [0.25, 0.3) is 0 Å². The molecule has 1 heterocycles. The second kappa shape index (κ2) is 5.68. The molecule has 2 unspecified atom stereocenters. The molecule has 0 aliphatic carbocycles. The normalized spacial score (nSPS) is 16.7. The van der Waals surface area contributed by atoms with Gasteiger partial charge in [0.05, 0.1) is 6.04 Å². The van der Waals surface area contributed by atoms with E-state index in [0.717, 1.165) is 0 Å². The molecule has 4 N–H and O–H groups in total. The molecule has 2 atom stereocenters. The molecular weight excluding hydrogens is 248 g/mol. The Morgan fingerprint density at radius 2 is 2.37 bits per heavy atom. The van der Waals surface area contributed by atoms with E-state index in [2.05, 4.69) is 20.7 Å². The van der Waals surface area contributed by atoms with E-state index in [1.54, 1.807) is 38.7 Å². The molecule has 0 saturated heterocycles. The van der Waals surface area contributed by atoms with Crippen LogP contribution >= 0.6 is 0 Å². The zero-order valence-electron chi connectivity index (χ0n) is 11.6. The van der Waals surface area contributed by atoms with Crippen molar-refractivity contribution in [2.24, 2.45) is 23.4 Å². The first-order valence-corrected chi connectivity index (χ1v) is 5.99. The molecule has 1 amide bonds. The number of aromatic nitrogens is 3. The molecular formula is C11H20N6O2. The van der Waals surface area contributed by atoms with Crippen LogP contribution in [0.5, 0.6) is 0 Å². The average molecular weight is 268 g/mol. The van der Waals surface area contributed by atoms with Crippen molar-refractivity contribution in [3.8, 4) is 0 Å². The summed E-state index contributed by atoms with van der Waals surface area (Å²) in [6.07, 6.45) is 1.97. The quantitative estimate of drug-likeness (QED) is 0.304. The molecule has 0 fully saturated rings. The predicted octanol–water partition coefficient (Wildman–Crippen LogP) is 0.155. The number of amides is 1. The predicted molar refractivity (Wildman–Crippen MR) is 69.4 cm³/mol. The van der Waals surface area contributed by atoms with Crippen molar-refractivity contribution in [2.75, 3.05) is 0 Å². The van der Waals surface area contributed by atoms with Gasteiger partial charge in [0.15, 0.2) is 11.7 Å².